The predicted molar refractivity (Wildman–Crippen MR) is 128 cm³/mol. The molecule has 3 amide bonds. The van der Waals surface area contributed by atoms with Gasteiger partial charge in [-0.05, 0) is 74.7 Å². The number of anilines is 2. The summed E-state index contributed by atoms with van der Waals surface area (Å²) in [5, 5.41) is 2.78. The Morgan fingerprint density at radius 3 is 2.29 bits per heavy atom. The number of amides is 3. The van der Waals surface area contributed by atoms with E-state index in [1.807, 2.05) is 19.9 Å². The highest BCUT2D eigenvalue weighted by Crippen LogP contribution is 2.39. The van der Waals surface area contributed by atoms with Crippen LogP contribution in [0.1, 0.15) is 60.2 Å². The Morgan fingerprint density at radius 1 is 0.971 bits per heavy atom. The number of nitrogens with zero attached hydrogens (tertiary/aromatic N) is 1. The van der Waals surface area contributed by atoms with E-state index in [1.54, 1.807) is 48.5 Å². The van der Waals surface area contributed by atoms with Gasteiger partial charge in [-0.15, -0.1) is 0 Å². The number of hydrogen-bond donors (Lipinski definition) is 1. The van der Waals surface area contributed by atoms with Crippen LogP contribution < -0.4 is 10.2 Å². The summed E-state index contributed by atoms with van der Waals surface area (Å²) in [5.41, 5.74) is 2.96. The number of benzene rings is 2. The zero-order chi connectivity index (χ0) is 24.2. The first-order valence-corrected chi connectivity index (χ1v) is 11.6. The highest BCUT2D eigenvalue weighted by molar-refractivity contribution is 6.22. The molecule has 34 heavy (non-hydrogen) atoms. The van der Waals surface area contributed by atoms with E-state index >= 15 is 0 Å². The number of ether oxygens (including phenoxy) is 1. The molecule has 2 aliphatic rings. The average molecular weight is 461 g/mol. The van der Waals surface area contributed by atoms with Crippen molar-refractivity contribution in [3.05, 3.63) is 71.3 Å². The van der Waals surface area contributed by atoms with E-state index in [4.69, 9.17) is 4.74 Å². The molecule has 1 aliphatic heterocycles. The van der Waals surface area contributed by atoms with Gasteiger partial charge in [0.25, 0.3) is 5.91 Å². The van der Waals surface area contributed by atoms with Gasteiger partial charge in [0, 0.05) is 11.3 Å². The lowest BCUT2D eigenvalue weighted by molar-refractivity contribution is -0.122. The van der Waals surface area contributed by atoms with E-state index in [0.29, 0.717) is 42.0 Å². The molecule has 1 aliphatic carbocycles. The second-order valence-electron chi connectivity index (χ2n) is 8.78. The highest BCUT2D eigenvalue weighted by Gasteiger charge is 2.48. The lowest BCUT2D eigenvalue weighted by atomic mass is 9.82. The molecule has 7 nitrogen and oxygen atoms in total. The van der Waals surface area contributed by atoms with Gasteiger partial charge in [-0.25, -0.2) is 4.79 Å². The quantitative estimate of drug-likeness (QED) is 0.279. The van der Waals surface area contributed by atoms with Crippen LogP contribution in [0, 0.1) is 11.8 Å². The second kappa shape index (κ2) is 10.0. The van der Waals surface area contributed by atoms with Crippen molar-refractivity contribution in [1.82, 2.24) is 0 Å². The summed E-state index contributed by atoms with van der Waals surface area (Å²) in [6.07, 6.45) is 5.00. The summed E-state index contributed by atoms with van der Waals surface area (Å²) in [5.74, 6) is -1.67. The number of fused-ring (bicyclic) bond motifs is 1. The fraction of sp³-hybridized carbons (Fsp3) is 0.333. The van der Waals surface area contributed by atoms with E-state index in [1.165, 1.54) is 4.90 Å². The van der Waals surface area contributed by atoms with Gasteiger partial charge in [-0.1, -0.05) is 25.0 Å². The van der Waals surface area contributed by atoms with Crippen molar-refractivity contribution in [2.75, 3.05) is 16.8 Å². The van der Waals surface area contributed by atoms with Crippen LogP contribution >= 0.6 is 0 Å². The normalized spacial score (nSPS) is 19.5. The summed E-state index contributed by atoms with van der Waals surface area (Å²) in [6, 6.07) is 12.9. The molecule has 1 saturated heterocycles. The lowest BCUT2D eigenvalue weighted by Crippen LogP contribution is -2.30. The molecule has 7 heteroatoms. The van der Waals surface area contributed by atoms with Gasteiger partial charge in [-0.2, -0.15) is 0 Å². The smallest absolute Gasteiger partial charge is 0.338 e. The van der Waals surface area contributed by atoms with Gasteiger partial charge in [-0.3, -0.25) is 19.3 Å². The van der Waals surface area contributed by atoms with Crippen molar-refractivity contribution in [3.63, 3.8) is 0 Å². The van der Waals surface area contributed by atoms with E-state index in [9.17, 15) is 19.2 Å². The number of carbonyl (C=O) groups is 4. The van der Waals surface area contributed by atoms with Crippen molar-refractivity contribution in [2.24, 2.45) is 11.8 Å². The van der Waals surface area contributed by atoms with Gasteiger partial charge < -0.3 is 10.1 Å². The molecule has 0 spiro atoms. The summed E-state index contributed by atoms with van der Waals surface area (Å²) in [4.78, 5) is 51.6. The van der Waals surface area contributed by atoms with Crippen LogP contribution in [0.15, 0.2) is 60.2 Å². The van der Waals surface area contributed by atoms with Crippen molar-refractivity contribution < 1.29 is 23.9 Å². The Hall–Kier alpha value is -3.74. The first-order chi connectivity index (χ1) is 16.4. The third-order valence-corrected chi connectivity index (χ3v) is 6.32. The monoisotopic (exact) mass is 460 g/mol. The van der Waals surface area contributed by atoms with E-state index in [0.717, 1.165) is 18.4 Å². The van der Waals surface area contributed by atoms with Crippen LogP contribution in [0.2, 0.25) is 0 Å². The number of hydrogen-bond acceptors (Lipinski definition) is 5. The minimum absolute atomic E-state index is 0.173. The zero-order valence-corrected chi connectivity index (χ0v) is 19.4. The molecule has 1 N–H and O–H groups in total. The van der Waals surface area contributed by atoms with Crippen LogP contribution in [-0.4, -0.2) is 30.3 Å². The number of nitrogens with one attached hydrogen (secondary N) is 1. The molecule has 2 atom stereocenters. The van der Waals surface area contributed by atoms with Crippen molar-refractivity contribution in [2.45, 2.75) is 39.5 Å². The number of unbranched alkanes of at least 4 members (excludes halogenated alkanes) is 1. The summed E-state index contributed by atoms with van der Waals surface area (Å²) >= 11 is 0. The summed E-state index contributed by atoms with van der Waals surface area (Å²) < 4.78 is 5.18. The number of esters is 1. The fourth-order valence-electron chi connectivity index (χ4n) is 4.34. The molecule has 4 rings (SSSR count). The molecule has 176 valence electrons. The van der Waals surface area contributed by atoms with E-state index in [2.05, 4.69) is 5.32 Å². The van der Waals surface area contributed by atoms with Gasteiger partial charge >= 0.3 is 5.97 Å². The number of imide groups is 1. The predicted octanol–water partition coefficient (Wildman–Crippen LogP) is 4.74. The van der Waals surface area contributed by atoms with Gasteiger partial charge in [0.15, 0.2) is 0 Å². The van der Waals surface area contributed by atoms with E-state index in [-0.39, 0.29) is 29.6 Å². The van der Waals surface area contributed by atoms with Crippen LogP contribution in [-0.2, 0) is 14.3 Å². The third-order valence-electron chi connectivity index (χ3n) is 6.32. The molecule has 0 aromatic heterocycles. The SMILES string of the molecule is CCCCOC(=O)c1ccc(NC(=O)c2ccc(N3C(=O)[C@H]4CC=C(C)C[C@@H]4C3=O)cc2)cc1. The maximum Gasteiger partial charge on any atom is 0.338 e. The standard InChI is InChI=1S/C27H28N2O5/c1-3-4-15-34-27(33)19-6-10-20(11-7-19)28-24(30)18-8-12-21(13-9-18)29-25(31)22-14-5-17(2)16-23(22)26(29)32/h5-13,22-23H,3-4,14-16H2,1-2H3,(H,28,30)/t22-,23-/m0/s1. The maximum absolute atomic E-state index is 12.9. The van der Waals surface area contributed by atoms with Gasteiger partial charge in [0.2, 0.25) is 11.8 Å². The molecule has 2 aromatic carbocycles. The molecule has 0 unspecified atom stereocenters. The Labute approximate surface area is 198 Å². The number of carbonyl (C=O) groups excluding carboxylic acids is 4. The van der Waals surface area contributed by atoms with Crippen molar-refractivity contribution >= 4 is 35.1 Å². The van der Waals surface area contributed by atoms with Gasteiger partial charge in [0.1, 0.15) is 0 Å². The molecule has 1 heterocycles. The molecule has 2 aromatic rings. The molecule has 0 radical (unpaired) electrons. The molecular weight excluding hydrogens is 432 g/mol. The van der Waals surface area contributed by atoms with Crippen LogP contribution in [0.5, 0.6) is 0 Å². The molecule has 1 fully saturated rings. The van der Waals surface area contributed by atoms with Crippen LogP contribution in [0.25, 0.3) is 0 Å². The largest absolute Gasteiger partial charge is 0.462 e. The van der Waals surface area contributed by atoms with Crippen molar-refractivity contribution in [3.8, 4) is 0 Å². The fourth-order valence-corrected chi connectivity index (χ4v) is 4.34. The maximum atomic E-state index is 12.9. The topological polar surface area (TPSA) is 92.8 Å². The minimum Gasteiger partial charge on any atom is -0.462 e. The summed E-state index contributed by atoms with van der Waals surface area (Å²) in [6.45, 7) is 4.39. The van der Waals surface area contributed by atoms with E-state index < -0.39 is 5.97 Å². The highest BCUT2D eigenvalue weighted by atomic mass is 16.5. The number of rotatable bonds is 7. The zero-order valence-electron chi connectivity index (χ0n) is 19.4. The van der Waals surface area contributed by atoms with Gasteiger partial charge in [0.05, 0.1) is 29.7 Å². The Morgan fingerprint density at radius 2 is 1.62 bits per heavy atom. The number of allylic oxidation sites excluding steroid dienone is 2. The first kappa shape index (κ1) is 23.4. The van der Waals surface area contributed by atoms with Crippen molar-refractivity contribution in [1.29, 1.82) is 0 Å². The average Bonchev–Trinajstić information content (AvgIpc) is 3.08. The second-order valence-corrected chi connectivity index (χ2v) is 8.78. The Balaban J connectivity index is 1.39. The van der Waals surface area contributed by atoms with Crippen LogP contribution in [0.3, 0.4) is 0 Å². The lowest BCUT2D eigenvalue weighted by Gasteiger charge is -2.18. The molecule has 0 saturated carbocycles. The first-order valence-electron chi connectivity index (χ1n) is 11.6. The summed E-state index contributed by atoms with van der Waals surface area (Å²) in [7, 11) is 0. The third kappa shape index (κ3) is 4.78. The molecule has 0 bridgehead atoms. The molecular formula is C27H28N2O5. The minimum atomic E-state index is -0.390. The Kier molecular flexibility index (Phi) is 6.91. The Bertz CT molecular complexity index is 1130. The van der Waals surface area contributed by atoms with Crippen LogP contribution in [0.4, 0.5) is 11.4 Å².